The molecule has 0 saturated heterocycles. The standard InChI is InChI=1S/C14H21NO4/c1-9(15)11(8-14(16)19-4)12-7-10(17-2)5-6-13(12)18-3/h5-7,9,11H,8,15H2,1-4H3. The Morgan fingerprint density at radius 1 is 1.26 bits per heavy atom. The Morgan fingerprint density at radius 3 is 2.42 bits per heavy atom. The van der Waals surface area contributed by atoms with Crippen LogP contribution >= 0.6 is 0 Å². The summed E-state index contributed by atoms with van der Waals surface area (Å²) in [6.45, 7) is 1.85. The lowest BCUT2D eigenvalue weighted by Gasteiger charge is -2.22. The van der Waals surface area contributed by atoms with Crippen LogP contribution in [0.3, 0.4) is 0 Å². The molecule has 0 bridgehead atoms. The summed E-state index contributed by atoms with van der Waals surface area (Å²) in [6, 6.07) is 5.25. The van der Waals surface area contributed by atoms with Gasteiger partial charge in [-0.3, -0.25) is 4.79 Å². The first kappa shape index (κ1) is 15.3. The zero-order valence-corrected chi connectivity index (χ0v) is 11.8. The second-order valence-electron chi connectivity index (χ2n) is 4.35. The summed E-state index contributed by atoms with van der Waals surface area (Å²) < 4.78 is 15.2. The van der Waals surface area contributed by atoms with E-state index in [-0.39, 0.29) is 24.3 Å². The molecule has 0 fully saturated rings. The van der Waals surface area contributed by atoms with Gasteiger partial charge in [0, 0.05) is 17.5 Å². The van der Waals surface area contributed by atoms with Gasteiger partial charge in [-0.25, -0.2) is 0 Å². The maximum absolute atomic E-state index is 11.5. The van der Waals surface area contributed by atoms with E-state index in [1.54, 1.807) is 26.4 Å². The van der Waals surface area contributed by atoms with E-state index in [9.17, 15) is 4.79 Å². The third kappa shape index (κ3) is 3.86. The minimum absolute atomic E-state index is 0.183. The maximum Gasteiger partial charge on any atom is 0.306 e. The van der Waals surface area contributed by atoms with Crippen molar-refractivity contribution in [3.05, 3.63) is 23.8 Å². The fourth-order valence-electron chi connectivity index (χ4n) is 1.97. The summed E-state index contributed by atoms with van der Waals surface area (Å²) in [7, 11) is 4.54. The largest absolute Gasteiger partial charge is 0.497 e. The zero-order chi connectivity index (χ0) is 14.4. The van der Waals surface area contributed by atoms with Gasteiger partial charge in [-0.1, -0.05) is 0 Å². The van der Waals surface area contributed by atoms with E-state index < -0.39 is 0 Å². The number of rotatable bonds is 6. The molecule has 1 aromatic carbocycles. The van der Waals surface area contributed by atoms with Gasteiger partial charge in [0.25, 0.3) is 0 Å². The van der Waals surface area contributed by atoms with Crippen molar-refractivity contribution >= 4 is 5.97 Å². The van der Waals surface area contributed by atoms with Crippen LogP contribution in [0.4, 0.5) is 0 Å². The summed E-state index contributed by atoms with van der Waals surface area (Å²) in [5, 5.41) is 0. The van der Waals surface area contributed by atoms with Crippen molar-refractivity contribution in [2.24, 2.45) is 5.73 Å². The minimum Gasteiger partial charge on any atom is -0.497 e. The monoisotopic (exact) mass is 267 g/mol. The maximum atomic E-state index is 11.5. The molecule has 0 heterocycles. The minimum atomic E-state index is -0.299. The van der Waals surface area contributed by atoms with Crippen molar-refractivity contribution in [1.82, 2.24) is 0 Å². The predicted molar refractivity (Wildman–Crippen MR) is 72.6 cm³/mol. The molecule has 0 spiro atoms. The predicted octanol–water partition coefficient (Wildman–Crippen LogP) is 1.70. The van der Waals surface area contributed by atoms with Gasteiger partial charge in [0.15, 0.2) is 0 Å². The van der Waals surface area contributed by atoms with Crippen molar-refractivity contribution in [2.45, 2.75) is 25.3 Å². The van der Waals surface area contributed by atoms with E-state index in [1.165, 1.54) is 7.11 Å². The average molecular weight is 267 g/mol. The van der Waals surface area contributed by atoms with Crippen LogP contribution in [0.25, 0.3) is 0 Å². The van der Waals surface area contributed by atoms with E-state index in [2.05, 4.69) is 0 Å². The number of carbonyl (C=O) groups is 1. The van der Waals surface area contributed by atoms with Crippen molar-refractivity contribution in [3.8, 4) is 11.5 Å². The molecular weight excluding hydrogens is 246 g/mol. The molecule has 0 aliphatic heterocycles. The van der Waals surface area contributed by atoms with Crippen LogP contribution < -0.4 is 15.2 Å². The van der Waals surface area contributed by atoms with E-state index in [0.717, 1.165) is 5.56 Å². The zero-order valence-electron chi connectivity index (χ0n) is 11.8. The van der Waals surface area contributed by atoms with Gasteiger partial charge in [0.05, 0.1) is 27.8 Å². The Bertz CT molecular complexity index is 431. The van der Waals surface area contributed by atoms with E-state index in [4.69, 9.17) is 19.9 Å². The molecule has 1 aromatic rings. The van der Waals surface area contributed by atoms with Crippen molar-refractivity contribution in [2.75, 3.05) is 21.3 Å². The highest BCUT2D eigenvalue weighted by molar-refractivity contribution is 5.71. The number of hydrogen-bond acceptors (Lipinski definition) is 5. The van der Waals surface area contributed by atoms with Crippen LogP contribution in [-0.4, -0.2) is 33.3 Å². The molecule has 0 radical (unpaired) electrons. The highest BCUT2D eigenvalue weighted by atomic mass is 16.5. The van der Waals surface area contributed by atoms with Gasteiger partial charge in [0.1, 0.15) is 11.5 Å². The summed E-state index contributed by atoms with van der Waals surface area (Å²) >= 11 is 0. The lowest BCUT2D eigenvalue weighted by Crippen LogP contribution is -2.27. The molecular formula is C14H21NO4. The molecule has 0 saturated carbocycles. The normalized spacial score (nSPS) is 13.5. The molecule has 0 aliphatic rings. The summed E-state index contributed by atoms with van der Waals surface area (Å²) in [5.41, 5.74) is 6.83. The molecule has 5 heteroatoms. The fourth-order valence-corrected chi connectivity index (χ4v) is 1.97. The number of benzene rings is 1. The van der Waals surface area contributed by atoms with Gasteiger partial charge >= 0.3 is 5.97 Å². The fraction of sp³-hybridized carbons (Fsp3) is 0.500. The van der Waals surface area contributed by atoms with Crippen LogP contribution in [0.5, 0.6) is 11.5 Å². The Kier molecular flexibility index (Phi) is 5.63. The Hall–Kier alpha value is -1.75. The van der Waals surface area contributed by atoms with Crippen molar-refractivity contribution < 1.29 is 19.0 Å². The van der Waals surface area contributed by atoms with Crippen LogP contribution in [0.1, 0.15) is 24.8 Å². The summed E-state index contributed by atoms with van der Waals surface area (Å²) in [6.07, 6.45) is 0.206. The van der Waals surface area contributed by atoms with Crippen LogP contribution in [-0.2, 0) is 9.53 Å². The quantitative estimate of drug-likeness (QED) is 0.794. The van der Waals surface area contributed by atoms with E-state index >= 15 is 0 Å². The molecule has 1 rings (SSSR count). The van der Waals surface area contributed by atoms with Gasteiger partial charge < -0.3 is 19.9 Å². The molecule has 5 nitrogen and oxygen atoms in total. The van der Waals surface area contributed by atoms with Gasteiger partial charge in [-0.05, 0) is 25.1 Å². The van der Waals surface area contributed by atoms with Crippen LogP contribution in [0.2, 0.25) is 0 Å². The molecule has 2 atom stereocenters. The van der Waals surface area contributed by atoms with Crippen molar-refractivity contribution in [3.63, 3.8) is 0 Å². The molecule has 0 aliphatic carbocycles. The number of carbonyl (C=O) groups excluding carboxylic acids is 1. The first-order chi connectivity index (χ1) is 9.03. The molecule has 106 valence electrons. The highest BCUT2D eigenvalue weighted by Crippen LogP contribution is 2.34. The van der Waals surface area contributed by atoms with E-state index in [1.807, 2.05) is 13.0 Å². The number of methoxy groups -OCH3 is 3. The molecule has 19 heavy (non-hydrogen) atoms. The highest BCUT2D eigenvalue weighted by Gasteiger charge is 2.24. The average Bonchev–Trinajstić information content (AvgIpc) is 2.43. The Morgan fingerprint density at radius 2 is 1.95 bits per heavy atom. The molecule has 2 unspecified atom stereocenters. The third-order valence-corrected chi connectivity index (χ3v) is 3.09. The topological polar surface area (TPSA) is 70.8 Å². The second-order valence-corrected chi connectivity index (χ2v) is 4.35. The second kappa shape index (κ2) is 6.99. The van der Waals surface area contributed by atoms with Crippen LogP contribution in [0.15, 0.2) is 18.2 Å². The lowest BCUT2D eigenvalue weighted by molar-refractivity contribution is -0.141. The first-order valence-corrected chi connectivity index (χ1v) is 6.07. The van der Waals surface area contributed by atoms with Gasteiger partial charge in [-0.2, -0.15) is 0 Å². The SMILES string of the molecule is COC(=O)CC(c1cc(OC)ccc1OC)C(C)N. The third-order valence-electron chi connectivity index (χ3n) is 3.09. The number of nitrogens with two attached hydrogens (primary N) is 1. The van der Waals surface area contributed by atoms with Crippen LogP contribution in [0, 0.1) is 0 Å². The van der Waals surface area contributed by atoms with Gasteiger partial charge in [0.2, 0.25) is 0 Å². The lowest BCUT2D eigenvalue weighted by atomic mass is 9.89. The number of hydrogen-bond donors (Lipinski definition) is 1. The summed E-state index contributed by atoms with van der Waals surface area (Å²) in [4.78, 5) is 11.5. The van der Waals surface area contributed by atoms with Gasteiger partial charge in [-0.15, -0.1) is 0 Å². The smallest absolute Gasteiger partial charge is 0.306 e. The number of ether oxygens (including phenoxy) is 3. The van der Waals surface area contributed by atoms with E-state index in [0.29, 0.717) is 11.5 Å². The molecule has 0 amide bonds. The summed E-state index contributed by atoms with van der Waals surface area (Å²) in [5.74, 6) is 0.906. The number of esters is 1. The molecule has 0 aromatic heterocycles. The Labute approximate surface area is 113 Å². The first-order valence-electron chi connectivity index (χ1n) is 6.07. The Balaban J connectivity index is 3.16. The van der Waals surface area contributed by atoms with Crippen molar-refractivity contribution in [1.29, 1.82) is 0 Å². The molecule has 2 N–H and O–H groups in total.